The predicted octanol–water partition coefficient (Wildman–Crippen LogP) is 2.46. The summed E-state index contributed by atoms with van der Waals surface area (Å²) < 4.78 is 22.7. The molecule has 0 aliphatic heterocycles. The Morgan fingerprint density at radius 3 is 1.90 bits per heavy atom. The zero-order valence-electron chi connectivity index (χ0n) is 11.4. The molecule has 2 aromatic carbocycles. The molecule has 0 spiro atoms. The molecular weight excluding hydrogens is 290 g/mol. The number of carbonyl (C=O) groups is 1. The highest BCUT2D eigenvalue weighted by molar-refractivity contribution is 7.90. The van der Waals surface area contributed by atoms with Crippen LogP contribution in [-0.4, -0.2) is 25.7 Å². The summed E-state index contributed by atoms with van der Waals surface area (Å²) in [6, 6.07) is 13.5. The number of anilines is 2. The van der Waals surface area contributed by atoms with Crippen molar-refractivity contribution < 1.29 is 18.3 Å². The van der Waals surface area contributed by atoms with Gasteiger partial charge in [0.1, 0.15) is 0 Å². The second-order valence-corrected chi connectivity index (χ2v) is 6.70. The average molecular weight is 305 g/mol. The van der Waals surface area contributed by atoms with Crippen molar-refractivity contribution in [2.45, 2.75) is 11.3 Å². The predicted molar refractivity (Wildman–Crippen MR) is 80.6 cm³/mol. The Labute approximate surface area is 123 Å². The summed E-state index contributed by atoms with van der Waals surface area (Å²) in [6.45, 7) is 0. The number of carboxylic acid groups (broad SMARTS) is 1. The smallest absolute Gasteiger partial charge is 0.307 e. The van der Waals surface area contributed by atoms with Crippen LogP contribution in [-0.2, 0) is 21.1 Å². The molecule has 2 rings (SSSR count). The van der Waals surface area contributed by atoms with E-state index in [1.807, 2.05) is 0 Å². The van der Waals surface area contributed by atoms with E-state index in [4.69, 9.17) is 5.11 Å². The van der Waals surface area contributed by atoms with Gasteiger partial charge in [-0.15, -0.1) is 0 Å². The van der Waals surface area contributed by atoms with E-state index in [1.54, 1.807) is 36.4 Å². The first-order valence-corrected chi connectivity index (χ1v) is 8.11. The van der Waals surface area contributed by atoms with Gasteiger partial charge in [-0.2, -0.15) is 0 Å². The fraction of sp³-hybridized carbons (Fsp3) is 0.133. The van der Waals surface area contributed by atoms with Crippen molar-refractivity contribution in [1.82, 2.24) is 0 Å². The van der Waals surface area contributed by atoms with Gasteiger partial charge in [0, 0.05) is 17.6 Å². The number of nitrogens with one attached hydrogen (secondary N) is 1. The molecule has 0 bridgehead atoms. The molecule has 0 amide bonds. The Bertz CT molecular complexity index is 734. The van der Waals surface area contributed by atoms with E-state index < -0.39 is 15.8 Å². The molecule has 0 heterocycles. The van der Waals surface area contributed by atoms with Crippen LogP contribution in [0.5, 0.6) is 0 Å². The Kier molecular flexibility index (Phi) is 4.28. The molecule has 21 heavy (non-hydrogen) atoms. The third-order valence-corrected chi connectivity index (χ3v) is 4.01. The van der Waals surface area contributed by atoms with Crippen molar-refractivity contribution in [3.63, 3.8) is 0 Å². The fourth-order valence-electron chi connectivity index (χ4n) is 1.83. The van der Waals surface area contributed by atoms with Crippen LogP contribution >= 0.6 is 0 Å². The lowest BCUT2D eigenvalue weighted by Gasteiger charge is -2.08. The minimum absolute atomic E-state index is 0.0106. The van der Waals surface area contributed by atoms with Crippen LogP contribution in [0.4, 0.5) is 11.4 Å². The number of aliphatic carboxylic acids is 1. The minimum atomic E-state index is -3.19. The van der Waals surface area contributed by atoms with E-state index in [2.05, 4.69) is 5.32 Å². The minimum Gasteiger partial charge on any atom is -0.481 e. The van der Waals surface area contributed by atoms with Crippen molar-refractivity contribution in [1.29, 1.82) is 0 Å². The van der Waals surface area contributed by atoms with Crippen LogP contribution in [0.1, 0.15) is 5.56 Å². The Morgan fingerprint density at radius 1 is 1.00 bits per heavy atom. The zero-order chi connectivity index (χ0) is 15.5. The first-order chi connectivity index (χ1) is 9.84. The van der Waals surface area contributed by atoms with Gasteiger partial charge in [0.25, 0.3) is 0 Å². The summed E-state index contributed by atoms with van der Waals surface area (Å²) in [6.07, 6.45) is 1.15. The number of hydrogen-bond acceptors (Lipinski definition) is 4. The third kappa shape index (κ3) is 4.32. The summed E-state index contributed by atoms with van der Waals surface area (Å²) >= 11 is 0. The van der Waals surface area contributed by atoms with Crippen molar-refractivity contribution in [3.8, 4) is 0 Å². The first kappa shape index (κ1) is 15.1. The summed E-state index contributed by atoms with van der Waals surface area (Å²) in [7, 11) is -3.19. The maximum Gasteiger partial charge on any atom is 0.307 e. The summed E-state index contributed by atoms with van der Waals surface area (Å²) in [4.78, 5) is 10.9. The highest BCUT2D eigenvalue weighted by Gasteiger charge is 2.06. The van der Waals surface area contributed by atoms with E-state index in [0.29, 0.717) is 0 Å². The number of carboxylic acids is 1. The molecule has 0 aliphatic rings. The first-order valence-electron chi connectivity index (χ1n) is 6.22. The van der Waals surface area contributed by atoms with E-state index >= 15 is 0 Å². The van der Waals surface area contributed by atoms with Crippen molar-refractivity contribution >= 4 is 27.2 Å². The molecule has 0 radical (unpaired) electrons. The lowest BCUT2D eigenvalue weighted by molar-refractivity contribution is -0.136. The van der Waals surface area contributed by atoms with E-state index in [1.165, 1.54) is 12.1 Å². The molecule has 6 heteroatoms. The molecule has 2 aromatic rings. The summed E-state index contributed by atoms with van der Waals surface area (Å²) in [5.74, 6) is -0.868. The lowest BCUT2D eigenvalue weighted by Crippen LogP contribution is -2.00. The van der Waals surface area contributed by atoms with Gasteiger partial charge in [0.15, 0.2) is 9.84 Å². The van der Waals surface area contributed by atoms with Crippen molar-refractivity contribution in [2.24, 2.45) is 0 Å². The van der Waals surface area contributed by atoms with E-state index in [0.717, 1.165) is 23.2 Å². The van der Waals surface area contributed by atoms with Crippen LogP contribution in [0.25, 0.3) is 0 Å². The van der Waals surface area contributed by atoms with Gasteiger partial charge in [-0.05, 0) is 42.0 Å². The van der Waals surface area contributed by atoms with Crippen LogP contribution in [0, 0.1) is 0 Å². The van der Waals surface area contributed by atoms with Gasteiger partial charge >= 0.3 is 5.97 Å². The van der Waals surface area contributed by atoms with Crippen LogP contribution in [0.2, 0.25) is 0 Å². The van der Waals surface area contributed by atoms with Gasteiger partial charge in [-0.25, -0.2) is 8.42 Å². The molecule has 0 saturated heterocycles. The molecule has 0 aromatic heterocycles. The standard InChI is InChI=1S/C15H15NO4S/c1-21(19,20)14-8-6-13(7-9-14)16-12-4-2-11(3-5-12)10-15(17)18/h2-9,16H,10H2,1H3,(H,17,18). The Balaban J connectivity index is 2.09. The molecule has 5 nitrogen and oxygen atoms in total. The van der Waals surface area contributed by atoms with Crippen molar-refractivity contribution in [2.75, 3.05) is 11.6 Å². The molecule has 0 saturated carbocycles. The number of hydrogen-bond donors (Lipinski definition) is 2. The van der Waals surface area contributed by atoms with Crippen LogP contribution in [0.15, 0.2) is 53.4 Å². The van der Waals surface area contributed by atoms with Gasteiger partial charge < -0.3 is 10.4 Å². The molecule has 110 valence electrons. The quantitative estimate of drug-likeness (QED) is 0.886. The topological polar surface area (TPSA) is 83.5 Å². The maximum absolute atomic E-state index is 11.4. The number of sulfone groups is 1. The Morgan fingerprint density at radius 2 is 1.48 bits per heavy atom. The van der Waals surface area contributed by atoms with Gasteiger partial charge in [0.05, 0.1) is 11.3 Å². The second kappa shape index (κ2) is 5.97. The van der Waals surface area contributed by atoms with Crippen molar-refractivity contribution in [3.05, 3.63) is 54.1 Å². The van der Waals surface area contributed by atoms with Gasteiger partial charge in [-0.1, -0.05) is 12.1 Å². The molecule has 0 fully saturated rings. The lowest BCUT2D eigenvalue weighted by atomic mass is 10.1. The number of benzene rings is 2. The van der Waals surface area contributed by atoms with Gasteiger partial charge in [0.2, 0.25) is 0 Å². The molecular formula is C15H15NO4S. The van der Waals surface area contributed by atoms with E-state index in [-0.39, 0.29) is 11.3 Å². The zero-order valence-corrected chi connectivity index (χ0v) is 12.2. The highest BCUT2D eigenvalue weighted by atomic mass is 32.2. The van der Waals surface area contributed by atoms with E-state index in [9.17, 15) is 13.2 Å². The molecule has 0 unspecified atom stereocenters. The monoisotopic (exact) mass is 305 g/mol. The van der Waals surface area contributed by atoms with Crippen LogP contribution in [0.3, 0.4) is 0 Å². The van der Waals surface area contributed by atoms with Gasteiger partial charge in [-0.3, -0.25) is 4.79 Å². The highest BCUT2D eigenvalue weighted by Crippen LogP contribution is 2.19. The number of rotatable bonds is 5. The summed E-state index contributed by atoms with van der Waals surface area (Å²) in [5, 5.41) is 11.8. The second-order valence-electron chi connectivity index (χ2n) is 4.69. The van der Waals surface area contributed by atoms with Crippen LogP contribution < -0.4 is 5.32 Å². The molecule has 2 N–H and O–H groups in total. The normalized spacial score (nSPS) is 11.1. The fourth-order valence-corrected chi connectivity index (χ4v) is 2.46. The summed E-state index contributed by atoms with van der Waals surface area (Å²) in [5.41, 5.74) is 2.28. The Hall–Kier alpha value is -2.34. The SMILES string of the molecule is CS(=O)(=O)c1ccc(Nc2ccc(CC(=O)O)cc2)cc1. The third-order valence-electron chi connectivity index (χ3n) is 2.88. The largest absolute Gasteiger partial charge is 0.481 e. The molecule has 0 aliphatic carbocycles. The maximum atomic E-state index is 11.4. The average Bonchev–Trinajstić information content (AvgIpc) is 2.40. The molecule has 0 atom stereocenters.